The van der Waals surface area contributed by atoms with E-state index in [2.05, 4.69) is 10.1 Å². The Hall–Kier alpha value is -3.65. The predicted octanol–water partition coefficient (Wildman–Crippen LogP) is 3.87. The molecule has 0 fully saturated rings. The Morgan fingerprint density at radius 2 is 1.72 bits per heavy atom. The minimum Gasteiger partial charge on any atom is -0.465 e. The Bertz CT molecular complexity index is 1090. The van der Waals surface area contributed by atoms with Gasteiger partial charge in [-0.25, -0.2) is 14.5 Å². The summed E-state index contributed by atoms with van der Waals surface area (Å²) >= 11 is 6.15. The van der Waals surface area contributed by atoms with Crippen molar-refractivity contribution in [2.75, 3.05) is 23.9 Å². The van der Waals surface area contributed by atoms with E-state index in [4.69, 9.17) is 16.3 Å². The molecule has 8 nitrogen and oxygen atoms in total. The van der Waals surface area contributed by atoms with Crippen molar-refractivity contribution in [3.05, 3.63) is 70.4 Å². The fraction of sp³-hybridized carbons (Fsp3) is 0.217. The number of amides is 2. The summed E-state index contributed by atoms with van der Waals surface area (Å²) in [6.45, 7) is 2.27. The van der Waals surface area contributed by atoms with Crippen LogP contribution in [0.2, 0.25) is 0 Å². The number of benzene rings is 2. The van der Waals surface area contributed by atoms with Crippen LogP contribution in [0.4, 0.5) is 11.4 Å². The number of nitrogens with one attached hydrogen (secondary N) is 1. The minimum atomic E-state index is -0.721. The summed E-state index contributed by atoms with van der Waals surface area (Å²) in [6, 6.07) is 12.1. The molecule has 0 saturated heterocycles. The third-order valence-electron chi connectivity index (χ3n) is 4.67. The molecule has 2 aromatic rings. The topological polar surface area (TPSA) is 102 Å². The molecule has 32 heavy (non-hydrogen) atoms. The first-order chi connectivity index (χ1) is 15.4. The number of unbranched alkanes of at least 4 members (excludes halogenated alkanes) is 1. The van der Waals surface area contributed by atoms with Crippen molar-refractivity contribution in [1.29, 1.82) is 0 Å². The van der Waals surface area contributed by atoms with Gasteiger partial charge < -0.3 is 14.8 Å². The Morgan fingerprint density at radius 3 is 2.38 bits per heavy atom. The molecule has 0 unspecified atom stereocenters. The van der Waals surface area contributed by atoms with Crippen LogP contribution in [-0.4, -0.2) is 37.5 Å². The summed E-state index contributed by atoms with van der Waals surface area (Å²) < 4.78 is 9.83. The lowest BCUT2D eigenvalue weighted by Gasteiger charge is -2.16. The Labute approximate surface area is 189 Å². The molecule has 1 N–H and O–H groups in total. The first kappa shape index (κ1) is 23.0. The standard InChI is InChI=1S/C23H21ClN2O6/c1-3-4-12-32-23(30)15-6-5-7-17(13-15)26-20(27)18(24)19(21(26)28)25-16-10-8-14(9-11-16)22(29)31-2/h5-11,13,25H,3-4,12H2,1-2H3. The van der Waals surface area contributed by atoms with Gasteiger partial charge >= 0.3 is 11.9 Å². The first-order valence-electron chi connectivity index (χ1n) is 9.88. The smallest absolute Gasteiger partial charge is 0.338 e. The van der Waals surface area contributed by atoms with Gasteiger partial charge in [-0.2, -0.15) is 0 Å². The average molecular weight is 457 g/mol. The highest BCUT2D eigenvalue weighted by Crippen LogP contribution is 2.30. The second-order valence-corrected chi connectivity index (χ2v) is 7.25. The summed E-state index contributed by atoms with van der Waals surface area (Å²) in [5, 5.41) is 2.53. The van der Waals surface area contributed by atoms with Gasteiger partial charge in [0.25, 0.3) is 11.8 Å². The number of hydrogen-bond donors (Lipinski definition) is 1. The highest BCUT2D eigenvalue weighted by Gasteiger charge is 2.39. The number of rotatable bonds is 8. The lowest BCUT2D eigenvalue weighted by atomic mass is 10.2. The molecule has 2 amide bonds. The summed E-state index contributed by atoms with van der Waals surface area (Å²) in [5.41, 5.74) is 1.08. The zero-order chi connectivity index (χ0) is 23.3. The van der Waals surface area contributed by atoms with Crippen LogP contribution in [0.25, 0.3) is 0 Å². The Kier molecular flexibility index (Phi) is 7.27. The molecule has 0 spiro atoms. The van der Waals surface area contributed by atoms with Crippen LogP contribution in [0.1, 0.15) is 40.5 Å². The number of hydrogen-bond acceptors (Lipinski definition) is 7. The van der Waals surface area contributed by atoms with Crippen LogP contribution >= 0.6 is 11.6 Å². The van der Waals surface area contributed by atoms with Crippen LogP contribution in [0.15, 0.2) is 59.3 Å². The molecule has 0 radical (unpaired) electrons. The molecular weight excluding hydrogens is 436 g/mol. The number of nitrogens with zero attached hydrogens (tertiary/aromatic N) is 1. The van der Waals surface area contributed by atoms with Crippen molar-refractivity contribution in [3.8, 4) is 0 Å². The number of imide groups is 1. The molecule has 1 heterocycles. The lowest BCUT2D eigenvalue weighted by Crippen LogP contribution is -2.32. The van der Waals surface area contributed by atoms with Crippen molar-refractivity contribution >= 4 is 46.7 Å². The van der Waals surface area contributed by atoms with Gasteiger partial charge in [-0.05, 0) is 48.9 Å². The molecule has 3 rings (SSSR count). The second-order valence-electron chi connectivity index (χ2n) is 6.87. The van der Waals surface area contributed by atoms with Gasteiger partial charge in [0.05, 0.1) is 30.5 Å². The summed E-state index contributed by atoms with van der Waals surface area (Å²) in [5.74, 6) is -2.43. The lowest BCUT2D eigenvalue weighted by molar-refractivity contribution is -0.120. The van der Waals surface area contributed by atoms with Crippen LogP contribution < -0.4 is 10.2 Å². The zero-order valence-corrected chi connectivity index (χ0v) is 18.3. The number of carbonyl (C=O) groups excluding carboxylic acids is 4. The van der Waals surface area contributed by atoms with Gasteiger partial charge in [0.1, 0.15) is 10.7 Å². The molecule has 166 valence electrons. The fourth-order valence-electron chi connectivity index (χ4n) is 2.96. The van der Waals surface area contributed by atoms with Gasteiger partial charge in [0, 0.05) is 5.69 Å². The fourth-order valence-corrected chi connectivity index (χ4v) is 3.17. The van der Waals surface area contributed by atoms with Crippen molar-refractivity contribution in [1.82, 2.24) is 0 Å². The van der Waals surface area contributed by atoms with Crippen LogP contribution in [-0.2, 0) is 19.1 Å². The molecule has 9 heteroatoms. The van der Waals surface area contributed by atoms with Gasteiger partial charge in [-0.3, -0.25) is 9.59 Å². The van der Waals surface area contributed by atoms with E-state index in [9.17, 15) is 19.2 Å². The number of anilines is 2. The van der Waals surface area contributed by atoms with E-state index in [1.165, 1.54) is 31.4 Å². The average Bonchev–Trinajstić information content (AvgIpc) is 3.02. The van der Waals surface area contributed by atoms with E-state index in [0.717, 1.165) is 17.7 Å². The zero-order valence-electron chi connectivity index (χ0n) is 17.5. The molecule has 0 aromatic heterocycles. The van der Waals surface area contributed by atoms with E-state index in [1.807, 2.05) is 6.92 Å². The van der Waals surface area contributed by atoms with E-state index in [1.54, 1.807) is 24.3 Å². The Balaban J connectivity index is 1.78. The molecule has 2 aromatic carbocycles. The molecular formula is C23H21ClN2O6. The molecule has 0 bridgehead atoms. The van der Waals surface area contributed by atoms with Crippen molar-refractivity contribution < 1.29 is 28.7 Å². The minimum absolute atomic E-state index is 0.113. The SMILES string of the molecule is CCCCOC(=O)c1cccc(N2C(=O)C(Cl)=C(Nc3ccc(C(=O)OC)cc3)C2=O)c1. The third kappa shape index (κ3) is 4.81. The quantitative estimate of drug-likeness (QED) is 0.365. The van der Waals surface area contributed by atoms with Crippen LogP contribution in [0.3, 0.4) is 0 Å². The van der Waals surface area contributed by atoms with Crippen molar-refractivity contribution in [3.63, 3.8) is 0 Å². The first-order valence-corrected chi connectivity index (χ1v) is 10.3. The van der Waals surface area contributed by atoms with Gasteiger partial charge in [-0.1, -0.05) is 31.0 Å². The van der Waals surface area contributed by atoms with Gasteiger partial charge in [-0.15, -0.1) is 0 Å². The maximum atomic E-state index is 13.0. The number of methoxy groups -OCH3 is 1. The highest BCUT2D eigenvalue weighted by atomic mass is 35.5. The summed E-state index contributed by atoms with van der Waals surface area (Å²) in [6.07, 6.45) is 1.62. The van der Waals surface area contributed by atoms with E-state index in [-0.39, 0.29) is 28.6 Å². The molecule has 0 saturated carbocycles. The van der Waals surface area contributed by atoms with Crippen LogP contribution in [0, 0.1) is 0 Å². The number of ether oxygens (including phenoxy) is 2. The molecule has 0 atom stereocenters. The van der Waals surface area contributed by atoms with Crippen molar-refractivity contribution in [2.24, 2.45) is 0 Å². The third-order valence-corrected chi connectivity index (χ3v) is 5.02. The number of carbonyl (C=O) groups is 4. The summed E-state index contributed by atoms with van der Waals surface area (Å²) in [4.78, 5) is 50.3. The number of halogens is 1. The van der Waals surface area contributed by atoms with E-state index < -0.39 is 23.8 Å². The van der Waals surface area contributed by atoms with E-state index >= 15 is 0 Å². The monoisotopic (exact) mass is 456 g/mol. The largest absolute Gasteiger partial charge is 0.465 e. The predicted molar refractivity (Wildman–Crippen MR) is 118 cm³/mol. The molecule has 0 aliphatic carbocycles. The second kappa shape index (κ2) is 10.1. The highest BCUT2D eigenvalue weighted by molar-refractivity contribution is 6.53. The summed E-state index contributed by atoms with van der Waals surface area (Å²) in [7, 11) is 1.27. The van der Waals surface area contributed by atoms with Gasteiger partial charge in [0.15, 0.2) is 0 Å². The van der Waals surface area contributed by atoms with Crippen LogP contribution in [0.5, 0.6) is 0 Å². The normalized spacial score (nSPS) is 13.4. The maximum absolute atomic E-state index is 13.0. The molecule has 1 aliphatic heterocycles. The molecule has 1 aliphatic rings. The van der Waals surface area contributed by atoms with E-state index in [0.29, 0.717) is 11.3 Å². The number of esters is 2. The van der Waals surface area contributed by atoms with Crippen molar-refractivity contribution in [2.45, 2.75) is 19.8 Å². The maximum Gasteiger partial charge on any atom is 0.338 e. The Morgan fingerprint density at radius 1 is 1.00 bits per heavy atom. The van der Waals surface area contributed by atoms with Gasteiger partial charge in [0.2, 0.25) is 0 Å².